The third-order valence-electron chi connectivity index (χ3n) is 7.98. The molecule has 186 valence electrons. The van der Waals surface area contributed by atoms with Gasteiger partial charge in [0.15, 0.2) is 0 Å². The maximum atomic E-state index is 12.4. The Morgan fingerprint density at radius 3 is 2.17 bits per heavy atom. The van der Waals surface area contributed by atoms with Crippen molar-refractivity contribution < 1.29 is 4.79 Å². The maximum Gasteiger partial charge on any atom is 0.226 e. The minimum Gasteiger partial charge on any atom is -0.371 e. The normalized spacial score (nSPS) is 20.7. The molecule has 1 amide bonds. The van der Waals surface area contributed by atoms with Crippen LogP contribution in [-0.2, 0) is 11.2 Å². The summed E-state index contributed by atoms with van der Waals surface area (Å²) in [6.45, 7) is 9.85. The van der Waals surface area contributed by atoms with Crippen LogP contribution >= 0.6 is 0 Å². The summed E-state index contributed by atoms with van der Waals surface area (Å²) in [6, 6.07) is 20.0. The molecular formula is C30H40N4O. The summed E-state index contributed by atoms with van der Waals surface area (Å²) in [6.07, 6.45) is 9.87. The van der Waals surface area contributed by atoms with E-state index in [1.54, 1.807) is 0 Å². The van der Waals surface area contributed by atoms with Crippen molar-refractivity contribution in [3.63, 3.8) is 0 Å². The zero-order chi connectivity index (χ0) is 23.9. The number of rotatable bonds is 7. The fourth-order valence-electron chi connectivity index (χ4n) is 5.78. The van der Waals surface area contributed by atoms with Crippen molar-refractivity contribution in [3.05, 3.63) is 71.8 Å². The number of anilines is 1. The number of nitrogens with zero attached hydrogens (tertiary/aromatic N) is 4. The van der Waals surface area contributed by atoms with Gasteiger partial charge in [0.25, 0.3) is 0 Å². The summed E-state index contributed by atoms with van der Waals surface area (Å²) >= 11 is 0. The molecule has 3 aliphatic rings. The Bertz CT molecular complexity index is 952. The van der Waals surface area contributed by atoms with E-state index >= 15 is 0 Å². The second kappa shape index (κ2) is 11.9. The molecule has 5 rings (SSSR count). The highest BCUT2D eigenvalue weighted by Gasteiger charge is 2.27. The first-order chi connectivity index (χ1) is 17.2. The van der Waals surface area contributed by atoms with E-state index < -0.39 is 0 Å². The highest BCUT2D eigenvalue weighted by molar-refractivity contribution is 5.79. The zero-order valence-electron chi connectivity index (χ0n) is 21.0. The molecular weight excluding hydrogens is 432 g/mol. The van der Waals surface area contributed by atoms with Gasteiger partial charge in [0, 0.05) is 70.6 Å². The molecule has 0 aromatic heterocycles. The Kier molecular flexibility index (Phi) is 8.17. The molecule has 0 N–H and O–H groups in total. The van der Waals surface area contributed by atoms with Crippen LogP contribution in [0.1, 0.15) is 36.8 Å². The third kappa shape index (κ3) is 6.53. The van der Waals surface area contributed by atoms with E-state index in [4.69, 9.17) is 0 Å². The van der Waals surface area contributed by atoms with E-state index in [1.807, 2.05) is 4.90 Å². The summed E-state index contributed by atoms with van der Waals surface area (Å²) in [5.74, 6) is 0.281. The molecule has 0 bridgehead atoms. The molecule has 35 heavy (non-hydrogen) atoms. The Morgan fingerprint density at radius 1 is 0.800 bits per heavy atom. The van der Waals surface area contributed by atoms with Crippen molar-refractivity contribution in [2.24, 2.45) is 0 Å². The quantitative estimate of drug-likeness (QED) is 0.606. The number of piperidine rings is 1. The van der Waals surface area contributed by atoms with E-state index in [2.05, 4.69) is 81.4 Å². The Labute approximate surface area is 211 Å². The van der Waals surface area contributed by atoms with Crippen LogP contribution in [0.5, 0.6) is 0 Å². The van der Waals surface area contributed by atoms with Gasteiger partial charge in [-0.1, -0.05) is 54.6 Å². The number of carbonyl (C=O) groups excluding carboxylic acids is 1. The molecule has 0 unspecified atom stereocenters. The van der Waals surface area contributed by atoms with Crippen LogP contribution in [-0.4, -0.2) is 85.6 Å². The average molecular weight is 473 g/mol. The lowest BCUT2D eigenvalue weighted by Crippen LogP contribution is -2.53. The minimum atomic E-state index is 0.281. The van der Waals surface area contributed by atoms with Gasteiger partial charge in [0.05, 0.1) is 6.42 Å². The average Bonchev–Trinajstić information content (AvgIpc) is 3.46. The lowest BCUT2D eigenvalue weighted by Gasteiger charge is -2.43. The number of piperazine rings is 1. The highest BCUT2D eigenvalue weighted by Crippen LogP contribution is 2.24. The van der Waals surface area contributed by atoms with Crippen molar-refractivity contribution >= 4 is 17.7 Å². The van der Waals surface area contributed by atoms with Crippen molar-refractivity contribution in [3.8, 4) is 0 Å². The molecule has 5 heteroatoms. The molecule has 0 saturated carbocycles. The monoisotopic (exact) mass is 472 g/mol. The molecule has 5 nitrogen and oxygen atoms in total. The summed E-state index contributed by atoms with van der Waals surface area (Å²) in [7, 11) is 0. The molecule has 3 heterocycles. The Hall–Kier alpha value is -2.63. The summed E-state index contributed by atoms with van der Waals surface area (Å²) in [5, 5.41) is 0. The van der Waals surface area contributed by atoms with Crippen LogP contribution in [0.25, 0.3) is 6.08 Å². The van der Waals surface area contributed by atoms with Gasteiger partial charge < -0.3 is 9.80 Å². The van der Waals surface area contributed by atoms with Gasteiger partial charge in [0.2, 0.25) is 5.91 Å². The Balaban J connectivity index is 1.03. The number of likely N-dealkylation sites (tertiary alicyclic amines) is 1. The van der Waals surface area contributed by atoms with E-state index in [9.17, 15) is 4.79 Å². The molecule has 2 aromatic carbocycles. The van der Waals surface area contributed by atoms with Gasteiger partial charge in [-0.2, -0.15) is 0 Å². The first kappa shape index (κ1) is 24.1. The number of carbonyl (C=O) groups is 1. The molecule has 0 spiro atoms. The van der Waals surface area contributed by atoms with E-state index in [0.717, 1.165) is 64.2 Å². The van der Waals surface area contributed by atoms with Crippen LogP contribution in [0.3, 0.4) is 0 Å². The summed E-state index contributed by atoms with van der Waals surface area (Å²) in [5.41, 5.74) is 3.72. The van der Waals surface area contributed by atoms with Crippen LogP contribution in [0.15, 0.2) is 60.7 Å². The van der Waals surface area contributed by atoms with E-state index in [0.29, 0.717) is 12.5 Å². The maximum absolute atomic E-state index is 12.4. The fourth-order valence-corrected chi connectivity index (χ4v) is 5.78. The zero-order valence-corrected chi connectivity index (χ0v) is 21.0. The Morgan fingerprint density at radius 2 is 1.49 bits per heavy atom. The number of hydrogen-bond donors (Lipinski definition) is 0. The topological polar surface area (TPSA) is 30.0 Å². The third-order valence-corrected chi connectivity index (χ3v) is 7.98. The standard InChI is InChI=1S/C30H40N4O/c35-30(34-17-4-5-18-34)25-27-10-12-28(13-11-27)32-19-14-29(15-20-32)33-23-21-31(22-24-33)16-6-9-26-7-2-1-3-8-26/h1-3,6-13,29H,4-5,14-25H2. The number of hydrogen-bond acceptors (Lipinski definition) is 4. The molecule has 0 aliphatic carbocycles. The minimum absolute atomic E-state index is 0.281. The van der Waals surface area contributed by atoms with Gasteiger partial charge >= 0.3 is 0 Å². The van der Waals surface area contributed by atoms with Crippen molar-refractivity contribution in [2.45, 2.75) is 38.1 Å². The van der Waals surface area contributed by atoms with Gasteiger partial charge in [-0.15, -0.1) is 0 Å². The lowest BCUT2D eigenvalue weighted by molar-refractivity contribution is -0.129. The van der Waals surface area contributed by atoms with Crippen molar-refractivity contribution in [1.82, 2.24) is 14.7 Å². The van der Waals surface area contributed by atoms with Gasteiger partial charge in [-0.25, -0.2) is 0 Å². The van der Waals surface area contributed by atoms with Gasteiger partial charge in [0.1, 0.15) is 0 Å². The molecule has 3 fully saturated rings. The summed E-state index contributed by atoms with van der Waals surface area (Å²) < 4.78 is 0. The second-order valence-electron chi connectivity index (χ2n) is 10.3. The van der Waals surface area contributed by atoms with E-state index in [1.165, 1.54) is 37.2 Å². The highest BCUT2D eigenvalue weighted by atomic mass is 16.2. The molecule has 3 aliphatic heterocycles. The number of amides is 1. The number of benzene rings is 2. The van der Waals surface area contributed by atoms with Gasteiger partial charge in [-0.3, -0.25) is 14.6 Å². The predicted molar refractivity (Wildman–Crippen MR) is 145 cm³/mol. The second-order valence-corrected chi connectivity index (χ2v) is 10.3. The van der Waals surface area contributed by atoms with Crippen molar-refractivity contribution in [1.29, 1.82) is 0 Å². The van der Waals surface area contributed by atoms with Crippen LogP contribution < -0.4 is 4.90 Å². The molecule has 2 aromatic rings. The first-order valence-corrected chi connectivity index (χ1v) is 13.5. The molecule has 3 saturated heterocycles. The van der Waals surface area contributed by atoms with Crippen LogP contribution in [0, 0.1) is 0 Å². The van der Waals surface area contributed by atoms with Crippen LogP contribution in [0.2, 0.25) is 0 Å². The SMILES string of the molecule is O=C(Cc1ccc(N2CCC(N3CCN(CC=Cc4ccccc4)CC3)CC2)cc1)N1CCCC1. The predicted octanol–water partition coefficient (Wildman–Crippen LogP) is 4.15. The van der Waals surface area contributed by atoms with Crippen molar-refractivity contribution in [2.75, 3.05) is 63.8 Å². The summed E-state index contributed by atoms with van der Waals surface area (Å²) in [4.78, 5) is 22.3. The van der Waals surface area contributed by atoms with Gasteiger partial charge in [-0.05, 0) is 48.9 Å². The molecule has 0 radical (unpaired) electrons. The largest absolute Gasteiger partial charge is 0.371 e. The first-order valence-electron chi connectivity index (χ1n) is 13.5. The lowest BCUT2D eigenvalue weighted by atomic mass is 10.0. The fraction of sp³-hybridized carbons (Fsp3) is 0.500. The van der Waals surface area contributed by atoms with E-state index in [-0.39, 0.29) is 5.91 Å². The molecule has 0 atom stereocenters. The smallest absolute Gasteiger partial charge is 0.226 e. The van der Waals surface area contributed by atoms with Crippen LogP contribution in [0.4, 0.5) is 5.69 Å².